The van der Waals surface area contributed by atoms with Gasteiger partial charge in [0.1, 0.15) is 5.82 Å². The van der Waals surface area contributed by atoms with Crippen LogP contribution in [-0.4, -0.2) is 24.1 Å². The number of aryl methyl sites for hydroxylation is 2. The molecule has 0 amide bonds. The molecule has 3 aromatic heterocycles. The molecular formula is C23H33N5O. The topological polar surface area (TPSA) is 68.0 Å². The molecule has 0 saturated heterocycles. The van der Waals surface area contributed by atoms with Crippen LogP contribution in [0.1, 0.15) is 76.5 Å². The van der Waals surface area contributed by atoms with Crippen LogP contribution in [0.15, 0.2) is 16.9 Å². The summed E-state index contributed by atoms with van der Waals surface area (Å²) in [5, 5.41) is 4.87. The van der Waals surface area contributed by atoms with E-state index < -0.39 is 0 Å². The van der Waals surface area contributed by atoms with Gasteiger partial charge in [-0.25, -0.2) is 9.50 Å². The summed E-state index contributed by atoms with van der Waals surface area (Å²) in [7, 11) is 1.99. The average Bonchev–Trinajstić information content (AvgIpc) is 3.22. The van der Waals surface area contributed by atoms with Crippen LogP contribution in [0, 0.1) is 18.3 Å². The highest BCUT2D eigenvalue weighted by atomic mass is 16.1. The Morgan fingerprint density at radius 3 is 2.41 bits per heavy atom. The van der Waals surface area contributed by atoms with Crippen LogP contribution < -0.4 is 5.56 Å². The molecule has 1 saturated carbocycles. The molecule has 0 aromatic carbocycles. The lowest BCUT2D eigenvalue weighted by molar-refractivity contribution is 0.167. The lowest BCUT2D eigenvalue weighted by Gasteiger charge is -2.36. The number of rotatable bonds is 3. The molecule has 0 spiro atoms. The number of hydrogen-bond acceptors (Lipinski definition) is 3. The molecule has 29 heavy (non-hydrogen) atoms. The lowest BCUT2D eigenvalue weighted by atomic mass is 9.70. The number of imidazole rings is 1. The van der Waals surface area contributed by atoms with Crippen molar-refractivity contribution in [2.75, 3.05) is 0 Å². The van der Waals surface area contributed by atoms with E-state index in [0.717, 1.165) is 48.1 Å². The van der Waals surface area contributed by atoms with Crippen molar-refractivity contribution in [3.63, 3.8) is 0 Å². The van der Waals surface area contributed by atoms with Crippen molar-refractivity contribution in [2.45, 2.75) is 72.6 Å². The van der Waals surface area contributed by atoms with Gasteiger partial charge < -0.3 is 9.55 Å². The van der Waals surface area contributed by atoms with Crippen LogP contribution >= 0.6 is 0 Å². The zero-order valence-corrected chi connectivity index (χ0v) is 18.5. The van der Waals surface area contributed by atoms with Gasteiger partial charge in [-0.1, -0.05) is 27.7 Å². The van der Waals surface area contributed by atoms with Crippen molar-refractivity contribution >= 4 is 5.52 Å². The molecule has 3 heterocycles. The number of nitrogens with zero attached hydrogens (tertiary/aromatic N) is 4. The Kier molecular flexibility index (Phi) is 4.91. The Hall–Kier alpha value is -2.37. The fraction of sp³-hybridized carbons (Fsp3) is 0.609. The van der Waals surface area contributed by atoms with E-state index in [2.05, 4.69) is 37.2 Å². The Labute approximate surface area is 172 Å². The molecule has 0 unspecified atom stereocenters. The number of hydrogen-bond donors (Lipinski definition) is 1. The maximum Gasteiger partial charge on any atom is 0.277 e. The van der Waals surface area contributed by atoms with Crippen LogP contribution in [0.25, 0.3) is 17.0 Å². The second-order valence-corrected chi connectivity index (χ2v) is 9.67. The maximum atomic E-state index is 13.0. The summed E-state index contributed by atoms with van der Waals surface area (Å²) in [5.41, 5.74) is 3.74. The quantitative estimate of drug-likeness (QED) is 0.704. The number of aromatic nitrogens is 5. The fourth-order valence-electron chi connectivity index (χ4n) is 4.79. The third-order valence-corrected chi connectivity index (χ3v) is 6.87. The molecule has 1 N–H and O–H groups in total. The Morgan fingerprint density at radius 2 is 1.86 bits per heavy atom. The molecule has 0 bridgehead atoms. The maximum absolute atomic E-state index is 13.0. The van der Waals surface area contributed by atoms with Gasteiger partial charge >= 0.3 is 0 Å². The van der Waals surface area contributed by atoms with Crippen molar-refractivity contribution < 1.29 is 0 Å². The van der Waals surface area contributed by atoms with Gasteiger partial charge in [-0.15, -0.1) is 5.10 Å². The van der Waals surface area contributed by atoms with Gasteiger partial charge in [0.15, 0.2) is 11.3 Å². The van der Waals surface area contributed by atoms with Crippen molar-refractivity contribution in [1.29, 1.82) is 0 Å². The number of aromatic amines is 1. The second kappa shape index (κ2) is 7.15. The van der Waals surface area contributed by atoms with Gasteiger partial charge in [-0.2, -0.15) is 0 Å². The Morgan fingerprint density at radius 1 is 1.17 bits per heavy atom. The van der Waals surface area contributed by atoms with E-state index in [9.17, 15) is 4.79 Å². The molecule has 4 rings (SSSR count). The summed E-state index contributed by atoms with van der Waals surface area (Å²) in [4.78, 5) is 20.9. The summed E-state index contributed by atoms with van der Waals surface area (Å²) in [6, 6.07) is 4.05. The van der Waals surface area contributed by atoms with Crippen molar-refractivity contribution in [1.82, 2.24) is 24.1 Å². The summed E-state index contributed by atoms with van der Waals surface area (Å²) in [5.74, 6) is 2.66. The third kappa shape index (κ3) is 3.43. The first-order chi connectivity index (χ1) is 13.7. The van der Waals surface area contributed by atoms with E-state index in [1.54, 1.807) is 0 Å². The Balaban J connectivity index is 1.79. The van der Waals surface area contributed by atoms with Crippen LogP contribution in [0.4, 0.5) is 0 Å². The number of H-pyrrole nitrogens is 1. The average molecular weight is 396 g/mol. The molecule has 6 heteroatoms. The van der Waals surface area contributed by atoms with E-state index in [0.29, 0.717) is 22.7 Å². The summed E-state index contributed by atoms with van der Waals surface area (Å²) >= 11 is 0. The first kappa shape index (κ1) is 19.9. The van der Waals surface area contributed by atoms with Crippen LogP contribution in [0.3, 0.4) is 0 Å². The van der Waals surface area contributed by atoms with E-state index in [1.165, 1.54) is 12.8 Å². The van der Waals surface area contributed by atoms with E-state index in [4.69, 9.17) is 10.1 Å². The normalized spacial score (nSPS) is 20.5. The van der Waals surface area contributed by atoms with Gasteiger partial charge in [-0.05, 0) is 62.5 Å². The van der Waals surface area contributed by atoms with E-state index in [-0.39, 0.29) is 5.56 Å². The van der Waals surface area contributed by atoms with Gasteiger partial charge in [0.2, 0.25) is 0 Å². The van der Waals surface area contributed by atoms with Crippen LogP contribution in [-0.2, 0) is 13.5 Å². The molecular weight excluding hydrogens is 362 g/mol. The minimum atomic E-state index is -0.104. The second-order valence-electron chi connectivity index (χ2n) is 9.67. The van der Waals surface area contributed by atoms with E-state index >= 15 is 0 Å². The molecule has 1 aliphatic rings. The zero-order chi connectivity index (χ0) is 20.9. The van der Waals surface area contributed by atoms with Crippen molar-refractivity contribution in [2.24, 2.45) is 18.4 Å². The largest absolute Gasteiger partial charge is 0.345 e. The predicted octanol–water partition coefficient (Wildman–Crippen LogP) is 4.61. The third-order valence-electron chi connectivity index (χ3n) is 6.87. The molecule has 0 radical (unpaired) electrons. The summed E-state index contributed by atoms with van der Waals surface area (Å²) < 4.78 is 3.90. The minimum Gasteiger partial charge on any atom is -0.345 e. The van der Waals surface area contributed by atoms with Gasteiger partial charge in [0, 0.05) is 18.7 Å². The molecule has 156 valence electrons. The molecule has 3 aromatic rings. The number of nitrogens with one attached hydrogen (secondary N) is 1. The monoisotopic (exact) mass is 395 g/mol. The molecule has 1 fully saturated rings. The number of fused-ring (bicyclic) bond motifs is 1. The lowest BCUT2D eigenvalue weighted by Crippen LogP contribution is -2.26. The SMILES string of the molecule is CCc1nc([C@H]2CC[C@@H](C(C)(C)C)CC2)n2nc(-c3ccc(C)n3C)[nH]c(=O)c12. The highest BCUT2D eigenvalue weighted by Gasteiger charge is 2.32. The molecule has 0 atom stereocenters. The van der Waals surface area contributed by atoms with Crippen molar-refractivity contribution in [3.8, 4) is 11.5 Å². The smallest absolute Gasteiger partial charge is 0.277 e. The van der Waals surface area contributed by atoms with Gasteiger partial charge in [-0.3, -0.25) is 4.79 Å². The highest BCUT2D eigenvalue weighted by molar-refractivity contribution is 5.56. The van der Waals surface area contributed by atoms with Crippen LogP contribution in [0.5, 0.6) is 0 Å². The predicted molar refractivity (Wildman–Crippen MR) is 116 cm³/mol. The van der Waals surface area contributed by atoms with E-state index in [1.807, 2.05) is 30.6 Å². The summed E-state index contributed by atoms with van der Waals surface area (Å²) in [6.45, 7) is 11.1. The Bertz CT molecular complexity index is 1090. The molecule has 6 nitrogen and oxygen atoms in total. The standard InChI is InChI=1S/C23H33N5O/c1-7-17-19-22(29)25-20(18-13-8-14(2)27(18)6)26-28(19)21(24-17)15-9-11-16(12-10-15)23(3,4)5/h8,13,15-16H,7,9-12H2,1-6H3,(H,25,26,29)/t15-,16+. The van der Waals surface area contributed by atoms with Crippen molar-refractivity contribution in [3.05, 3.63) is 39.7 Å². The molecule has 1 aliphatic carbocycles. The fourth-order valence-corrected chi connectivity index (χ4v) is 4.79. The van der Waals surface area contributed by atoms with Gasteiger partial charge in [0.25, 0.3) is 5.56 Å². The van der Waals surface area contributed by atoms with Gasteiger partial charge in [0.05, 0.1) is 11.4 Å². The summed E-state index contributed by atoms with van der Waals surface area (Å²) in [6.07, 6.45) is 5.36. The first-order valence-electron chi connectivity index (χ1n) is 10.8. The first-order valence-corrected chi connectivity index (χ1v) is 10.8. The highest BCUT2D eigenvalue weighted by Crippen LogP contribution is 2.43. The van der Waals surface area contributed by atoms with Crippen LogP contribution in [0.2, 0.25) is 0 Å². The zero-order valence-electron chi connectivity index (χ0n) is 18.5. The minimum absolute atomic E-state index is 0.104. The molecule has 0 aliphatic heterocycles.